The van der Waals surface area contributed by atoms with Crippen LogP contribution in [0.2, 0.25) is 0 Å². The third-order valence-corrected chi connectivity index (χ3v) is 5.17. The molecule has 2 fully saturated rings. The van der Waals surface area contributed by atoms with Crippen LogP contribution in [-0.2, 0) is 19.1 Å². The second kappa shape index (κ2) is 8.04. The van der Waals surface area contributed by atoms with E-state index in [2.05, 4.69) is 26.7 Å². The molecule has 10 heteroatoms. The zero-order valence-electron chi connectivity index (χ0n) is 16.3. The molecule has 2 saturated heterocycles. The van der Waals surface area contributed by atoms with Gasteiger partial charge >= 0.3 is 0 Å². The van der Waals surface area contributed by atoms with Gasteiger partial charge in [0.25, 0.3) is 5.91 Å². The Kier molecular flexibility index (Phi) is 5.29. The van der Waals surface area contributed by atoms with Crippen molar-refractivity contribution in [2.75, 3.05) is 18.0 Å². The maximum absolute atomic E-state index is 12.8. The first-order valence-electron chi connectivity index (χ1n) is 9.64. The van der Waals surface area contributed by atoms with Crippen molar-refractivity contribution in [2.45, 2.75) is 38.0 Å². The smallest absolute Gasteiger partial charge is 0.251 e. The third kappa shape index (κ3) is 3.79. The first-order valence-corrected chi connectivity index (χ1v) is 9.64. The summed E-state index contributed by atoms with van der Waals surface area (Å²) in [5.41, 5.74) is 2.26. The number of nitriles is 1. The number of nitrogens with one attached hydrogen (secondary N) is 2. The summed E-state index contributed by atoms with van der Waals surface area (Å²) < 4.78 is 5.81. The van der Waals surface area contributed by atoms with Crippen LogP contribution in [0.1, 0.15) is 25.3 Å². The average Bonchev–Trinajstić information content (AvgIpc) is 2.74. The Morgan fingerprint density at radius 2 is 2.03 bits per heavy atom. The highest BCUT2D eigenvalue weighted by Crippen LogP contribution is 2.28. The van der Waals surface area contributed by atoms with Gasteiger partial charge in [0, 0.05) is 25.4 Å². The average molecular weight is 408 g/mol. The number of morpholine rings is 1. The van der Waals surface area contributed by atoms with Crippen molar-refractivity contribution in [1.29, 1.82) is 5.26 Å². The highest BCUT2D eigenvalue weighted by atomic mass is 16.5. The molecule has 10 nitrogen and oxygen atoms in total. The number of ether oxygens (including phenoxy) is 1. The summed E-state index contributed by atoms with van der Waals surface area (Å²) in [5, 5.41) is 14.2. The number of carbonyl (C=O) groups is 3. The van der Waals surface area contributed by atoms with E-state index in [0.717, 1.165) is 5.69 Å². The molecule has 2 N–H and O–H groups in total. The number of anilines is 1. The molecule has 2 aromatic rings. The van der Waals surface area contributed by atoms with E-state index in [-0.39, 0.29) is 31.4 Å². The van der Waals surface area contributed by atoms with Crippen molar-refractivity contribution in [2.24, 2.45) is 0 Å². The van der Waals surface area contributed by atoms with Gasteiger partial charge in [-0.2, -0.15) is 5.26 Å². The van der Waals surface area contributed by atoms with E-state index in [4.69, 9.17) is 4.74 Å². The van der Waals surface area contributed by atoms with Crippen molar-refractivity contribution in [3.05, 3.63) is 30.1 Å². The van der Waals surface area contributed by atoms with Crippen LogP contribution in [0.3, 0.4) is 0 Å². The molecule has 1 unspecified atom stereocenters. The van der Waals surface area contributed by atoms with Crippen LogP contribution >= 0.6 is 0 Å². The van der Waals surface area contributed by atoms with Crippen molar-refractivity contribution < 1.29 is 19.1 Å². The second-order valence-electron chi connectivity index (χ2n) is 7.35. The Hall–Kier alpha value is -3.58. The molecular weight excluding hydrogens is 388 g/mol. The number of amides is 3. The van der Waals surface area contributed by atoms with Crippen molar-refractivity contribution in [1.82, 2.24) is 20.6 Å². The molecule has 3 atom stereocenters. The third-order valence-electron chi connectivity index (χ3n) is 5.17. The van der Waals surface area contributed by atoms with Gasteiger partial charge in [0.2, 0.25) is 11.8 Å². The van der Waals surface area contributed by atoms with Gasteiger partial charge < -0.3 is 15.0 Å². The van der Waals surface area contributed by atoms with Crippen LogP contribution < -0.4 is 15.5 Å². The van der Waals surface area contributed by atoms with Crippen LogP contribution in [0.4, 0.5) is 5.69 Å². The number of nitrogens with zero attached hydrogens (tertiary/aromatic N) is 4. The summed E-state index contributed by atoms with van der Waals surface area (Å²) >= 11 is 0. The minimum absolute atomic E-state index is 0.181. The van der Waals surface area contributed by atoms with Crippen LogP contribution in [0, 0.1) is 11.3 Å². The number of imide groups is 1. The fraction of sp³-hybridized carbons (Fsp3) is 0.400. The molecule has 0 spiro atoms. The molecule has 3 heterocycles. The first-order chi connectivity index (χ1) is 14.5. The molecule has 0 bridgehead atoms. The number of hydrogen-bond donors (Lipinski definition) is 2. The van der Waals surface area contributed by atoms with E-state index in [0.29, 0.717) is 23.1 Å². The van der Waals surface area contributed by atoms with E-state index in [1.165, 1.54) is 6.20 Å². The van der Waals surface area contributed by atoms with Crippen molar-refractivity contribution >= 4 is 34.4 Å². The maximum atomic E-state index is 12.8. The monoisotopic (exact) mass is 408 g/mol. The lowest BCUT2D eigenvalue weighted by Gasteiger charge is -2.38. The molecule has 30 heavy (non-hydrogen) atoms. The van der Waals surface area contributed by atoms with Gasteiger partial charge in [0.05, 0.1) is 23.9 Å². The lowest BCUT2D eigenvalue weighted by Crippen LogP contribution is -2.58. The highest BCUT2D eigenvalue weighted by Gasteiger charge is 2.35. The molecular formula is C20H20N6O4. The topological polar surface area (TPSA) is 137 Å². The zero-order chi connectivity index (χ0) is 21.3. The fourth-order valence-corrected chi connectivity index (χ4v) is 3.78. The van der Waals surface area contributed by atoms with E-state index in [1.807, 2.05) is 11.8 Å². The van der Waals surface area contributed by atoms with E-state index < -0.39 is 24.0 Å². The molecule has 1 aromatic carbocycles. The van der Waals surface area contributed by atoms with E-state index in [1.54, 1.807) is 18.3 Å². The minimum Gasteiger partial charge on any atom is -0.364 e. The Bertz CT molecular complexity index is 1060. The van der Waals surface area contributed by atoms with E-state index >= 15 is 0 Å². The van der Waals surface area contributed by atoms with Crippen molar-refractivity contribution in [3.63, 3.8) is 0 Å². The van der Waals surface area contributed by atoms with Crippen molar-refractivity contribution in [3.8, 4) is 6.07 Å². The summed E-state index contributed by atoms with van der Waals surface area (Å²) in [6.07, 6.45) is 2.48. The second-order valence-corrected chi connectivity index (χ2v) is 7.35. The lowest BCUT2D eigenvalue weighted by molar-refractivity contribution is -0.143. The molecule has 3 amide bonds. The van der Waals surface area contributed by atoms with Gasteiger partial charge in [-0.05, 0) is 25.5 Å². The molecule has 0 aliphatic carbocycles. The van der Waals surface area contributed by atoms with Gasteiger partial charge in [-0.15, -0.1) is 0 Å². The fourth-order valence-electron chi connectivity index (χ4n) is 3.78. The number of aromatic nitrogens is 2. The number of rotatable bonds is 3. The normalized spacial score (nSPS) is 24.3. The lowest BCUT2D eigenvalue weighted by atomic mass is 10.1. The van der Waals surface area contributed by atoms with Gasteiger partial charge in [-0.3, -0.25) is 29.7 Å². The van der Waals surface area contributed by atoms with Crippen LogP contribution in [-0.4, -0.2) is 59.0 Å². The van der Waals surface area contributed by atoms with Gasteiger partial charge in [-0.25, -0.2) is 0 Å². The number of carbonyl (C=O) groups excluding carboxylic acids is 3. The largest absolute Gasteiger partial charge is 0.364 e. The molecule has 4 rings (SSSR count). The zero-order valence-corrected chi connectivity index (χ0v) is 16.3. The Morgan fingerprint density at radius 3 is 2.77 bits per heavy atom. The minimum atomic E-state index is -0.804. The van der Waals surface area contributed by atoms with Crippen LogP contribution in [0.25, 0.3) is 11.0 Å². The molecule has 0 saturated carbocycles. The Labute approximate surface area is 172 Å². The molecule has 154 valence electrons. The Balaban J connectivity index is 1.55. The molecule has 1 aromatic heterocycles. The SMILES string of the molecule is C[C@@H]1CN(c2ccc(C#N)c3nccnc23)C[C@H](C(=O)NC2CCC(=O)NC2=O)O1. The summed E-state index contributed by atoms with van der Waals surface area (Å²) in [6.45, 7) is 2.64. The van der Waals surface area contributed by atoms with Gasteiger partial charge in [0.15, 0.2) is 6.10 Å². The number of hydrogen-bond acceptors (Lipinski definition) is 8. The predicted molar refractivity (Wildman–Crippen MR) is 105 cm³/mol. The molecule has 0 radical (unpaired) electrons. The number of benzene rings is 1. The molecule has 2 aliphatic heterocycles. The van der Waals surface area contributed by atoms with E-state index in [9.17, 15) is 19.6 Å². The Morgan fingerprint density at radius 1 is 1.27 bits per heavy atom. The summed E-state index contributed by atoms with van der Waals surface area (Å²) in [7, 11) is 0. The highest BCUT2D eigenvalue weighted by molar-refractivity contribution is 6.02. The number of piperidine rings is 1. The summed E-state index contributed by atoms with van der Waals surface area (Å²) in [6, 6.07) is 4.84. The standard InChI is InChI=1S/C20H20N6O4/c1-11-9-26(14-4-2-12(8-21)17-18(14)23-7-6-22-17)10-15(30-11)20(29)24-13-3-5-16(27)25-19(13)28/h2,4,6-7,11,13,15H,3,5,9-10H2,1H3,(H,24,29)(H,25,27,28)/t11-,13?,15-/m1/s1. The first kappa shape index (κ1) is 19.7. The maximum Gasteiger partial charge on any atom is 0.251 e. The van der Waals surface area contributed by atoms with Crippen LogP contribution in [0.15, 0.2) is 24.5 Å². The molecule has 2 aliphatic rings. The van der Waals surface area contributed by atoms with Crippen LogP contribution in [0.5, 0.6) is 0 Å². The summed E-state index contributed by atoms with van der Waals surface area (Å²) in [4.78, 5) is 46.7. The number of fused-ring (bicyclic) bond motifs is 1. The predicted octanol–water partition coefficient (Wildman–Crippen LogP) is 0.0166. The van der Waals surface area contributed by atoms with Gasteiger partial charge in [0.1, 0.15) is 23.1 Å². The van der Waals surface area contributed by atoms with Gasteiger partial charge in [-0.1, -0.05) is 0 Å². The summed E-state index contributed by atoms with van der Waals surface area (Å²) in [5.74, 6) is -1.26. The quantitative estimate of drug-likeness (QED) is 0.678.